The number of carbonyl (C=O) groups is 1. The topological polar surface area (TPSA) is 115 Å². The first-order valence-electron chi connectivity index (χ1n) is 8.30. The van der Waals surface area contributed by atoms with Crippen LogP contribution in [0.15, 0.2) is 50.5 Å². The van der Waals surface area contributed by atoms with Gasteiger partial charge in [0, 0.05) is 24.8 Å². The van der Waals surface area contributed by atoms with Crippen molar-refractivity contribution in [3.8, 4) is 0 Å². The van der Waals surface area contributed by atoms with E-state index in [1.165, 1.54) is 4.57 Å². The highest BCUT2D eigenvalue weighted by molar-refractivity contribution is 5.89. The zero-order chi connectivity index (χ0) is 19.0. The third kappa shape index (κ3) is 3.12. The second kappa shape index (κ2) is 6.56. The van der Waals surface area contributed by atoms with Crippen molar-refractivity contribution in [2.45, 2.75) is 20.0 Å². The Morgan fingerprint density at radius 3 is 2.67 bits per heavy atom. The molecule has 1 aromatic carbocycles. The summed E-state index contributed by atoms with van der Waals surface area (Å²) in [5.41, 5.74) is -0.702. The molecule has 3 aromatic rings. The molecule has 138 valence electrons. The molecule has 0 atom stereocenters. The summed E-state index contributed by atoms with van der Waals surface area (Å²) in [5, 5.41) is 10.4. The van der Waals surface area contributed by atoms with Crippen molar-refractivity contribution in [3.05, 3.63) is 62.9 Å². The number of hydrogen-bond acceptors (Lipinski definition) is 7. The van der Waals surface area contributed by atoms with Gasteiger partial charge < -0.3 is 14.7 Å². The van der Waals surface area contributed by atoms with Gasteiger partial charge in [-0.1, -0.05) is 23.4 Å². The van der Waals surface area contributed by atoms with E-state index in [2.05, 4.69) is 15.6 Å². The zero-order valence-electron chi connectivity index (χ0n) is 14.5. The van der Waals surface area contributed by atoms with Crippen molar-refractivity contribution >= 4 is 23.4 Å². The summed E-state index contributed by atoms with van der Waals surface area (Å²) in [6, 6.07) is 11.0. The SMILES string of the molecule is Cc1cc(NC(=O)Cn2nc3n(c(=O)c2=O)CCN3c2ccccc2)no1. The molecule has 27 heavy (non-hydrogen) atoms. The number of rotatable bonds is 4. The molecule has 0 radical (unpaired) electrons. The van der Waals surface area contributed by atoms with Crippen LogP contribution in [0.2, 0.25) is 0 Å². The molecule has 1 N–H and O–H groups in total. The van der Waals surface area contributed by atoms with Gasteiger partial charge in [-0.3, -0.25) is 19.0 Å². The number of anilines is 3. The molecule has 1 amide bonds. The molecule has 3 heterocycles. The summed E-state index contributed by atoms with van der Waals surface area (Å²) in [5.74, 6) is 0.562. The quantitative estimate of drug-likeness (QED) is 0.667. The largest absolute Gasteiger partial charge is 0.360 e. The van der Waals surface area contributed by atoms with Crippen LogP contribution in [0.3, 0.4) is 0 Å². The highest BCUT2D eigenvalue weighted by Gasteiger charge is 2.26. The summed E-state index contributed by atoms with van der Waals surface area (Å²) in [6.07, 6.45) is 0. The van der Waals surface area contributed by atoms with Crippen LogP contribution in [0.5, 0.6) is 0 Å². The number of nitrogens with zero attached hydrogens (tertiary/aromatic N) is 5. The van der Waals surface area contributed by atoms with Gasteiger partial charge in [-0.05, 0) is 19.1 Å². The minimum absolute atomic E-state index is 0.231. The van der Waals surface area contributed by atoms with Crippen molar-refractivity contribution in [1.82, 2.24) is 19.5 Å². The number of amides is 1. The van der Waals surface area contributed by atoms with E-state index < -0.39 is 23.6 Å². The van der Waals surface area contributed by atoms with Crippen LogP contribution >= 0.6 is 0 Å². The number of fused-ring (bicyclic) bond motifs is 1. The smallest absolute Gasteiger partial charge is 0.333 e. The lowest BCUT2D eigenvalue weighted by molar-refractivity contribution is -0.117. The van der Waals surface area contributed by atoms with Crippen LogP contribution in [0, 0.1) is 6.92 Å². The maximum atomic E-state index is 12.4. The Balaban J connectivity index is 1.65. The summed E-state index contributed by atoms with van der Waals surface area (Å²) in [6.45, 7) is 2.15. The molecule has 0 unspecified atom stereocenters. The summed E-state index contributed by atoms with van der Waals surface area (Å²) in [7, 11) is 0. The van der Waals surface area contributed by atoms with Crippen molar-refractivity contribution < 1.29 is 9.32 Å². The van der Waals surface area contributed by atoms with Crippen molar-refractivity contribution in [1.29, 1.82) is 0 Å². The number of aromatic nitrogens is 4. The standard InChI is InChI=1S/C17H16N6O4/c1-11-9-13(20-27-11)18-14(24)10-23-16(26)15(25)22-8-7-21(17(22)19-23)12-5-3-2-4-6-12/h2-6,9H,7-8,10H2,1H3,(H,18,20,24). The molecule has 1 aliphatic rings. The van der Waals surface area contributed by atoms with E-state index in [0.29, 0.717) is 24.8 Å². The third-order valence-corrected chi connectivity index (χ3v) is 4.16. The Hall–Kier alpha value is -3.69. The highest BCUT2D eigenvalue weighted by atomic mass is 16.5. The van der Waals surface area contributed by atoms with Gasteiger partial charge in [0.2, 0.25) is 11.9 Å². The van der Waals surface area contributed by atoms with Crippen LogP contribution in [-0.2, 0) is 17.9 Å². The van der Waals surface area contributed by atoms with E-state index in [9.17, 15) is 14.4 Å². The number of benzene rings is 1. The van der Waals surface area contributed by atoms with Gasteiger partial charge in [-0.2, -0.15) is 0 Å². The minimum Gasteiger partial charge on any atom is -0.360 e. The maximum Gasteiger partial charge on any atom is 0.333 e. The molecule has 1 aliphatic heterocycles. The van der Waals surface area contributed by atoms with Crippen molar-refractivity contribution in [2.24, 2.45) is 0 Å². The lowest BCUT2D eigenvalue weighted by Crippen LogP contribution is -2.44. The molecule has 0 saturated heterocycles. The van der Waals surface area contributed by atoms with Gasteiger partial charge in [0.1, 0.15) is 12.3 Å². The third-order valence-electron chi connectivity index (χ3n) is 4.16. The van der Waals surface area contributed by atoms with E-state index in [1.54, 1.807) is 13.0 Å². The predicted octanol–water partition coefficient (Wildman–Crippen LogP) is 0.492. The minimum atomic E-state index is -0.847. The highest BCUT2D eigenvalue weighted by Crippen LogP contribution is 2.25. The van der Waals surface area contributed by atoms with E-state index in [0.717, 1.165) is 10.4 Å². The number of carbonyl (C=O) groups excluding carboxylic acids is 1. The molecule has 0 fully saturated rings. The Morgan fingerprint density at radius 1 is 1.19 bits per heavy atom. The zero-order valence-corrected chi connectivity index (χ0v) is 14.5. The second-order valence-electron chi connectivity index (χ2n) is 6.08. The summed E-state index contributed by atoms with van der Waals surface area (Å²) >= 11 is 0. The lowest BCUT2D eigenvalue weighted by atomic mass is 10.3. The molecule has 0 bridgehead atoms. The van der Waals surface area contributed by atoms with E-state index in [1.807, 2.05) is 35.2 Å². The van der Waals surface area contributed by atoms with Crippen molar-refractivity contribution in [3.63, 3.8) is 0 Å². The Labute approximate surface area is 152 Å². The van der Waals surface area contributed by atoms with Gasteiger partial charge in [0.25, 0.3) is 0 Å². The molecule has 4 rings (SSSR count). The fraction of sp³-hybridized carbons (Fsp3) is 0.235. The molecule has 0 saturated carbocycles. The van der Waals surface area contributed by atoms with Gasteiger partial charge >= 0.3 is 11.1 Å². The van der Waals surface area contributed by atoms with E-state index >= 15 is 0 Å². The monoisotopic (exact) mass is 368 g/mol. The molecular formula is C17H16N6O4. The first-order valence-corrected chi connectivity index (χ1v) is 8.30. The predicted molar refractivity (Wildman–Crippen MR) is 96.1 cm³/mol. The van der Waals surface area contributed by atoms with E-state index in [-0.39, 0.29) is 5.82 Å². The molecular weight excluding hydrogens is 352 g/mol. The Bertz CT molecular complexity index is 1110. The lowest BCUT2D eigenvalue weighted by Gasteiger charge is -2.17. The summed E-state index contributed by atoms with van der Waals surface area (Å²) < 4.78 is 7.07. The molecule has 0 spiro atoms. The van der Waals surface area contributed by atoms with Crippen LogP contribution in [0.25, 0.3) is 0 Å². The second-order valence-corrected chi connectivity index (χ2v) is 6.08. The Kier molecular flexibility index (Phi) is 4.07. The average Bonchev–Trinajstić information content (AvgIpc) is 3.26. The molecule has 10 nitrogen and oxygen atoms in total. The van der Waals surface area contributed by atoms with Crippen LogP contribution in [0.4, 0.5) is 17.5 Å². The van der Waals surface area contributed by atoms with Gasteiger partial charge in [0.15, 0.2) is 5.82 Å². The molecule has 2 aromatic heterocycles. The number of aryl methyl sites for hydroxylation is 1. The van der Waals surface area contributed by atoms with Crippen LogP contribution in [-0.4, -0.2) is 32.0 Å². The fourth-order valence-electron chi connectivity index (χ4n) is 2.93. The van der Waals surface area contributed by atoms with E-state index in [4.69, 9.17) is 4.52 Å². The van der Waals surface area contributed by atoms with Gasteiger partial charge in [-0.15, -0.1) is 5.10 Å². The van der Waals surface area contributed by atoms with Gasteiger partial charge in [-0.25, -0.2) is 4.68 Å². The number of para-hydroxylation sites is 1. The first-order chi connectivity index (χ1) is 13.0. The van der Waals surface area contributed by atoms with Crippen molar-refractivity contribution in [2.75, 3.05) is 16.8 Å². The maximum absolute atomic E-state index is 12.4. The first kappa shape index (κ1) is 16.8. The normalized spacial score (nSPS) is 12.9. The average molecular weight is 368 g/mol. The molecule has 0 aliphatic carbocycles. The Morgan fingerprint density at radius 2 is 1.96 bits per heavy atom. The fourth-order valence-corrected chi connectivity index (χ4v) is 2.93. The number of hydrogen-bond donors (Lipinski definition) is 1. The molecule has 10 heteroatoms. The number of nitrogens with one attached hydrogen (secondary N) is 1. The van der Waals surface area contributed by atoms with Crippen LogP contribution < -0.4 is 21.3 Å². The van der Waals surface area contributed by atoms with Gasteiger partial charge in [0.05, 0.1) is 0 Å². The van der Waals surface area contributed by atoms with Crippen LogP contribution in [0.1, 0.15) is 5.76 Å². The summed E-state index contributed by atoms with van der Waals surface area (Å²) in [4.78, 5) is 38.7.